The van der Waals surface area contributed by atoms with Gasteiger partial charge in [0.2, 0.25) is 0 Å². The lowest BCUT2D eigenvalue weighted by Gasteiger charge is -2.39. The summed E-state index contributed by atoms with van der Waals surface area (Å²) in [6.07, 6.45) is 0. The quantitative estimate of drug-likeness (QED) is 0.168. The van der Waals surface area contributed by atoms with E-state index < -0.39 is 22.7 Å². The second-order valence-electron chi connectivity index (χ2n) is 8.06. The molecule has 9 heteroatoms. The number of esters is 1. The van der Waals surface area contributed by atoms with E-state index in [0.29, 0.717) is 11.3 Å². The maximum absolute atomic E-state index is 13.3. The second-order valence-corrected chi connectivity index (χ2v) is 10.2. The first kappa shape index (κ1) is 20.9. The van der Waals surface area contributed by atoms with Crippen molar-refractivity contribution < 1.29 is 14.5 Å². The fraction of sp³-hybridized carbons (Fsp3) is 0.120. The Morgan fingerprint density at radius 3 is 2.35 bits per heavy atom. The van der Waals surface area contributed by atoms with Crippen molar-refractivity contribution in [2.75, 3.05) is 0 Å². The van der Waals surface area contributed by atoms with Crippen molar-refractivity contribution in [3.8, 4) is 11.4 Å². The molecule has 0 saturated heterocycles. The fourth-order valence-corrected chi connectivity index (χ4v) is 7.56. The van der Waals surface area contributed by atoms with E-state index in [4.69, 9.17) is 4.74 Å². The zero-order valence-electron chi connectivity index (χ0n) is 17.5. The Balaban J connectivity index is 1.63. The molecule has 0 radical (unpaired) electrons. The van der Waals surface area contributed by atoms with Gasteiger partial charge in [0.25, 0.3) is 5.69 Å². The van der Waals surface area contributed by atoms with E-state index >= 15 is 0 Å². The number of nitrogens with zero attached hydrogens (tertiary/aromatic N) is 2. The number of rotatable bonds is 3. The van der Waals surface area contributed by atoms with Crippen molar-refractivity contribution in [2.45, 2.75) is 16.2 Å². The van der Waals surface area contributed by atoms with E-state index in [1.165, 1.54) is 30.0 Å². The van der Waals surface area contributed by atoms with Crippen LogP contribution in [0.5, 0.6) is 5.75 Å². The average molecular weight is 489 g/mol. The molecule has 168 valence electrons. The molecule has 3 atom stereocenters. The van der Waals surface area contributed by atoms with Crippen molar-refractivity contribution in [2.24, 2.45) is 5.92 Å². The molecule has 7 nitrogen and oxygen atoms in total. The molecule has 0 N–H and O–H groups in total. The first-order valence-electron chi connectivity index (χ1n) is 10.6. The van der Waals surface area contributed by atoms with Gasteiger partial charge in [-0.05, 0) is 23.8 Å². The van der Waals surface area contributed by atoms with Gasteiger partial charge in [0.15, 0.2) is 0 Å². The van der Waals surface area contributed by atoms with Crippen LogP contribution in [0.2, 0.25) is 0 Å². The molecule has 2 aliphatic rings. The predicted octanol–water partition coefficient (Wildman–Crippen LogP) is 5.32. The Labute approximate surface area is 201 Å². The summed E-state index contributed by atoms with van der Waals surface area (Å²) >= 11 is 2.55. The van der Waals surface area contributed by atoms with Gasteiger partial charge in [-0.3, -0.25) is 24.3 Å². The van der Waals surface area contributed by atoms with Crippen LogP contribution in [0.3, 0.4) is 0 Å². The van der Waals surface area contributed by atoms with Gasteiger partial charge in [0.1, 0.15) is 5.75 Å². The Kier molecular flexibility index (Phi) is 4.89. The van der Waals surface area contributed by atoms with Crippen molar-refractivity contribution in [3.63, 3.8) is 0 Å². The number of fused-ring (bicyclic) bond motifs is 5. The highest BCUT2D eigenvalue weighted by Gasteiger charge is 2.50. The van der Waals surface area contributed by atoms with Gasteiger partial charge < -0.3 is 4.74 Å². The van der Waals surface area contributed by atoms with Crippen LogP contribution >= 0.6 is 23.1 Å². The highest BCUT2D eigenvalue weighted by Crippen LogP contribution is 2.59. The number of hydrogen-bond acceptors (Lipinski definition) is 7. The van der Waals surface area contributed by atoms with Gasteiger partial charge in [-0.1, -0.05) is 71.6 Å². The number of nitro benzene ring substituents is 1. The number of thioether (sulfide) groups is 1. The predicted molar refractivity (Wildman–Crippen MR) is 129 cm³/mol. The van der Waals surface area contributed by atoms with Crippen molar-refractivity contribution in [1.82, 2.24) is 4.57 Å². The van der Waals surface area contributed by atoms with Gasteiger partial charge in [0.05, 0.1) is 26.8 Å². The SMILES string of the molecule is O=C1Oc2ccc([N+](=O)[O-])cc2[C@@H]2c3sc(=O)n(-c4ccccc4)c3S[C@H](c3ccccc3)[C@H]12. The van der Waals surface area contributed by atoms with E-state index in [9.17, 15) is 19.7 Å². The van der Waals surface area contributed by atoms with Crippen LogP contribution in [0.15, 0.2) is 88.7 Å². The molecule has 0 bridgehead atoms. The summed E-state index contributed by atoms with van der Waals surface area (Å²) in [5.74, 6) is -1.25. The monoisotopic (exact) mass is 488 g/mol. The summed E-state index contributed by atoms with van der Waals surface area (Å²) in [7, 11) is 0. The molecule has 0 saturated carbocycles. The molecule has 4 aromatic rings. The third-order valence-electron chi connectivity index (χ3n) is 6.16. The minimum absolute atomic E-state index is 0.0821. The largest absolute Gasteiger partial charge is 0.426 e. The summed E-state index contributed by atoms with van der Waals surface area (Å²) in [6.45, 7) is 0. The molecule has 3 heterocycles. The molecule has 0 unspecified atom stereocenters. The molecule has 0 aliphatic carbocycles. The van der Waals surface area contributed by atoms with Gasteiger partial charge in [-0.2, -0.15) is 0 Å². The zero-order valence-corrected chi connectivity index (χ0v) is 19.1. The number of carbonyl (C=O) groups excluding carboxylic acids is 1. The van der Waals surface area contributed by atoms with E-state index in [1.807, 2.05) is 60.7 Å². The van der Waals surface area contributed by atoms with Gasteiger partial charge in [-0.15, -0.1) is 0 Å². The van der Waals surface area contributed by atoms with Crippen LogP contribution in [0.25, 0.3) is 5.69 Å². The Morgan fingerprint density at radius 2 is 1.65 bits per heavy atom. The fourth-order valence-electron chi connectivity index (χ4n) is 4.69. The number of ether oxygens (including phenoxy) is 1. The molecule has 1 aromatic heterocycles. The maximum atomic E-state index is 13.3. The molecule has 0 fully saturated rings. The summed E-state index contributed by atoms with van der Waals surface area (Å²) in [5, 5.41) is 12.0. The Hall–Kier alpha value is -3.69. The number of aromatic nitrogens is 1. The van der Waals surface area contributed by atoms with Crippen LogP contribution in [0, 0.1) is 16.0 Å². The number of non-ortho nitro benzene ring substituents is 1. The Morgan fingerprint density at radius 1 is 0.941 bits per heavy atom. The summed E-state index contributed by atoms with van der Waals surface area (Å²) in [5.41, 5.74) is 2.14. The standard InChI is InChI=1S/C25H16N2O5S2/c28-24-20-19(17-13-16(27(30)31)11-12-18(17)32-24)22-23(33-21(20)14-7-3-1-4-8-14)26(25(29)34-22)15-9-5-2-6-10-15/h1-13,19-21H/t19-,20+,21+/m0/s1. The minimum atomic E-state index is -0.628. The number of hydrogen-bond donors (Lipinski definition) is 0. The first-order valence-corrected chi connectivity index (χ1v) is 12.3. The number of benzene rings is 3. The topological polar surface area (TPSA) is 91.4 Å². The van der Waals surface area contributed by atoms with E-state index in [2.05, 4.69) is 0 Å². The van der Waals surface area contributed by atoms with Crippen LogP contribution in [-0.4, -0.2) is 15.5 Å². The summed E-state index contributed by atoms with van der Waals surface area (Å²) in [6, 6.07) is 23.3. The highest BCUT2D eigenvalue weighted by atomic mass is 32.2. The maximum Gasteiger partial charge on any atom is 0.316 e. The van der Waals surface area contributed by atoms with Gasteiger partial charge in [0, 0.05) is 28.5 Å². The lowest BCUT2D eigenvalue weighted by atomic mass is 9.78. The zero-order chi connectivity index (χ0) is 23.4. The normalized spacial score (nSPS) is 20.6. The van der Waals surface area contributed by atoms with E-state index in [-0.39, 0.29) is 15.8 Å². The number of thiazole rings is 1. The van der Waals surface area contributed by atoms with Crippen molar-refractivity contribution in [1.29, 1.82) is 0 Å². The lowest BCUT2D eigenvalue weighted by molar-refractivity contribution is -0.385. The molecular formula is C25H16N2O5S2. The van der Waals surface area contributed by atoms with Crippen LogP contribution in [0.1, 0.15) is 27.2 Å². The number of para-hydroxylation sites is 1. The van der Waals surface area contributed by atoms with Crippen molar-refractivity contribution in [3.05, 3.63) is 115 Å². The Bertz CT molecular complexity index is 1500. The summed E-state index contributed by atoms with van der Waals surface area (Å²) < 4.78 is 7.34. The minimum Gasteiger partial charge on any atom is -0.426 e. The molecule has 3 aromatic carbocycles. The first-order chi connectivity index (χ1) is 16.5. The third-order valence-corrected chi connectivity index (χ3v) is 8.76. The molecule has 34 heavy (non-hydrogen) atoms. The van der Waals surface area contributed by atoms with E-state index in [0.717, 1.165) is 32.5 Å². The highest BCUT2D eigenvalue weighted by molar-refractivity contribution is 7.99. The molecular weight excluding hydrogens is 472 g/mol. The number of carbonyl (C=O) groups is 1. The average Bonchev–Trinajstić information content (AvgIpc) is 3.19. The lowest BCUT2D eigenvalue weighted by Crippen LogP contribution is -2.37. The molecule has 0 spiro atoms. The van der Waals surface area contributed by atoms with Gasteiger partial charge in [-0.25, -0.2) is 0 Å². The molecule has 6 rings (SSSR count). The second kappa shape index (κ2) is 7.96. The van der Waals surface area contributed by atoms with Crippen molar-refractivity contribution >= 4 is 34.8 Å². The van der Waals surface area contributed by atoms with Crippen LogP contribution in [0.4, 0.5) is 5.69 Å². The molecule has 0 amide bonds. The summed E-state index contributed by atoms with van der Waals surface area (Å²) in [4.78, 5) is 38.2. The number of nitro groups is 1. The van der Waals surface area contributed by atoms with E-state index in [1.54, 1.807) is 4.57 Å². The molecule has 2 aliphatic heterocycles. The third kappa shape index (κ3) is 3.19. The smallest absolute Gasteiger partial charge is 0.316 e. The van der Waals surface area contributed by atoms with Crippen LogP contribution < -0.4 is 9.61 Å². The van der Waals surface area contributed by atoms with Crippen LogP contribution in [-0.2, 0) is 4.79 Å². The van der Waals surface area contributed by atoms with Gasteiger partial charge >= 0.3 is 10.8 Å².